The van der Waals surface area contributed by atoms with E-state index < -0.39 is 0 Å². The average molecular weight is 507 g/mol. The Kier molecular flexibility index (Phi) is 7.16. The van der Waals surface area contributed by atoms with E-state index >= 15 is 0 Å². The van der Waals surface area contributed by atoms with Gasteiger partial charge in [-0.3, -0.25) is 4.79 Å². The highest BCUT2D eigenvalue weighted by Gasteiger charge is 2.16. The molecule has 0 spiro atoms. The Labute approximate surface area is 200 Å². The number of methoxy groups -OCH3 is 1. The lowest BCUT2D eigenvalue weighted by Crippen LogP contribution is -2.11. The quantitative estimate of drug-likeness (QED) is 0.328. The monoisotopic (exact) mass is 506 g/mol. The molecule has 0 bridgehead atoms. The van der Waals surface area contributed by atoms with E-state index in [1.54, 1.807) is 23.9 Å². The molecule has 0 saturated heterocycles. The number of halogens is 1. The minimum atomic E-state index is -0.181. The predicted octanol–water partition coefficient (Wildman–Crippen LogP) is 5.28. The number of hydrogen-bond donors (Lipinski definition) is 1. The number of carbonyl (C=O) groups is 1. The SMILES string of the molecule is COCCOc1nc(-c2ccccc2C)n(-c2ccc(NC(=O)c3cccc(Br)c3)cc2)n1. The summed E-state index contributed by atoms with van der Waals surface area (Å²) in [5, 5.41) is 7.47. The van der Waals surface area contributed by atoms with Crippen LogP contribution in [0.2, 0.25) is 0 Å². The van der Waals surface area contributed by atoms with Gasteiger partial charge < -0.3 is 14.8 Å². The number of ether oxygens (including phenoxy) is 2. The Bertz CT molecular complexity index is 1250. The lowest BCUT2D eigenvalue weighted by molar-refractivity contribution is 0.102. The van der Waals surface area contributed by atoms with Crippen molar-refractivity contribution in [3.8, 4) is 23.1 Å². The van der Waals surface area contributed by atoms with E-state index in [2.05, 4.69) is 31.3 Å². The van der Waals surface area contributed by atoms with E-state index in [9.17, 15) is 4.79 Å². The van der Waals surface area contributed by atoms with Crippen LogP contribution in [0, 0.1) is 6.92 Å². The number of aromatic nitrogens is 3. The van der Waals surface area contributed by atoms with Crippen molar-refractivity contribution in [2.45, 2.75) is 6.92 Å². The standard InChI is InChI=1S/C25H23BrN4O3/c1-17-6-3-4-9-22(17)23-28-25(33-15-14-32-2)29-30(23)21-12-10-20(11-13-21)27-24(31)18-7-5-8-19(26)16-18/h3-13,16H,14-15H2,1-2H3,(H,27,31). The first kappa shape index (κ1) is 22.7. The topological polar surface area (TPSA) is 78.3 Å². The maximum Gasteiger partial charge on any atom is 0.336 e. The third-order valence-corrected chi connectivity index (χ3v) is 5.44. The molecule has 0 fully saturated rings. The maximum absolute atomic E-state index is 12.5. The molecule has 0 unspecified atom stereocenters. The first-order valence-corrected chi connectivity index (χ1v) is 11.2. The Hall–Kier alpha value is -3.49. The van der Waals surface area contributed by atoms with E-state index in [4.69, 9.17) is 9.47 Å². The molecule has 0 saturated carbocycles. The Balaban J connectivity index is 1.61. The number of hydrogen-bond acceptors (Lipinski definition) is 5. The van der Waals surface area contributed by atoms with Crippen LogP contribution < -0.4 is 10.1 Å². The fourth-order valence-electron chi connectivity index (χ4n) is 3.27. The van der Waals surface area contributed by atoms with Gasteiger partial charge in [0.1, 0.15) is 6.61 Å². The highest BCUT2D eigenvalue weighted by molar-refractivity contribution is 9.10. The highest BCUT2D eigenvalue weighted by atomic mass is 79.9. The molecule has 33 heavy (non-hydrogen) atoms. The van der Waals surface area contributed by atoms with Crippen molar-refractivity contribution < 1.29 is 14.3 Å². The van der Waals surface area contributed by atoms with Gasteiger partial charge in [-0.25, -0.2) is 4.68 Å². The number of nitrogens with one attached hydrogen (secondary N) is 1. The summed E-state index contributed by atoms with van der Waals surface area (Å²) in [6.07, 6.45) is 0. The number of amides is 1. The van der Waals surface area contributed by atoms with Gasteiger partial charge in [-0.05, 0) is 55.0 Å². The van der Waals surface area contributed by atoms with Crippen LogP contribution in [0.25, 0.3) is 17.1 Å². The molecule has 8 heteroatoms. The summed E-state index contributed by atoms with van der Waals surface area (Å²) < 4.78 is 13.3. The molecule has 168 valence electrons. The zero-order chi connectivity index (χ0) is 23.2. The van der Waals surface area contributed by atoms with Crippen molar-refractivity contribution in [2.75, 3.05) is 25.6 Å². The van der Waals surface area contributed by atoms with Crippen molar-refractivity contribution >= 4 is 27.5 Å². The van der Waals surface area contributed by atoms with E-state index in [1.165, 1.54) is 0 Å². The van der Waals surface area contributed by atoms with Gasteiger partial charge in [-0.15, -0.1) is 5.10 Å². The van der Waals surface area contributed by atoms with Crippen molar-refractivity contribution in [2.24, 2.45) is 0 Å². The van der Waals surface area contributed by atoms with Gasteiger partial charge in [0, 0.05) is 28.4 Å². The molecule has 0 radical (unpaired) electrons. The minimum Gasteiger partial charge on any atom is -0.460 e. The normalized spacial score (nSPS) is 10.8. The van der Waals surface area contributed by atoms with Gasteiger partial charge in [0.25, 0.3) is 5.91 Å². The third-order valence-electron chi connectivity index (χ3n) is 4.95. The summed E-state index contributed by atoms with van der Waals surface area (Å²) in [5.74, 6) is 0.491. The number of aryl methyl sites for hydroxylation is 1. The zero-order valence-electron chi connectivity index (χ0n) is 18.3. The molecule has 0 atom stereocenters. The van der Waals surface area contributed by atoms with Crippen LogP contribution in [0.15, 0.2) is 77.3 Å². The summed E-state index contributed by atoms with van der Waals surface area (Å²) in [4.78, 5) is 17.1. The molecule has 0 aliphatic rings. The molecular weight excluding hydrogens is 484 g/mol. The molecule has 4 aromatic rings. The smallest absolute Gasteiger partial charge is 0.336 e. The van der Waals surface area contributed by atoms with E-state index in [0.29, 0.717) is 30.3 Å². The Morgan fingerprint density at radius 2 is 1.82 bits per heavy atom. The van der Waals surface area contributed by atoms with Gasteiger partial charge in [0.2, 0.25) is 0 Å². The number of carbonyl (C=O) groups excluding carboxylic acids is 1. The minimum absolute atomic E-state index is 0.181. The molecule has 1 amide bonds. The first-order chi connectivity index (χ1) is 16.0. The van der Waals surface area contributed by atoms with Gasteiger partial charge in [-0.2, -0.15) is 4.98 Å². The van der Waals surface area contributed by atoms with Gasteiger partial charge in [0.05, 0.1) is 12.3 Å². The second-order valence-electron chi connectivity index (χ2n) is 7.30. The molecule has 0 aliphatic carbocycles. The first-order valence-electron chi connectivity index (χ1n) is 10.4. The molecule has 1 heterocycles. The summed E-state index contributed by atoms with van der Waals surface area (Å²) in [6, 6.07) is 22.9. The van der Waals surface area contributed by atoms with Crippen LogP contribution >= 0.6 is 15.9 Å². The van der Waals surface area contributed by atoms with Crippen LogP contribution in [-0.4, -0.2) is 41.0 Å². The number of benzene rings is 3. The molecular formula is C25H23BrN4O3. The van der Waals surface area contributed by atoms with Crippen LogP contribution in [0.3, 0.4) is 0 Å². The zero-order valence-corrected chi connectivity index (χ0v) is 19.9. The average Bonchev–Trinajstić information content (AvgIpc) is 3.24. The highest BCUT2D eigenvalue weighted by Crippen LogP contribution is 2.27. The number of anilines is 1. The van der Waals surface area contributed by atoms with Crippen LogP contribution in [0.5, 0.6) is 6.01 Å². The lowest BCUT2D eigenvalue weighted by atomic mass is 10.1. The van der Waals surface area contributed by atoms with Gasteiger partial charge in [0.15, 0.2) is 5.82 Å². The molecule has 0 aliphatic heterocycles. The second kappa shape index (κ2) is 10.4. The fraction of sp³-hybridized carbons (Fsp3) is 0.160. The van der Waals surface area contributed by atoms with Crippen molar-refractivity contribution in [3.05, 3.63) is 88.4 Å². The van der Waals surface area contributed by atoms with Crippen molar-refractivity contribution in [3.63, 3.8) is 0 Å². The number of nitrogens with zero attached hydrogens (tertiary/aromatic N) is 3. The molecule has 7 nitrogen and oxygen atoms in total. The van der Waals surface area contributed by atoms with Crippen LogP contribution in [-0.2, 0) is 4.74 Å². The summed E-state index contributed by atoms with van der Waals surface area (Å²) in [5.41, 5.74) is 4.08. The lowest BCUT2D eigenvalue weighted by Gasteiger charge is -2.10. The Morgan fingerprint density at radius 1 is 1.03 bits per heavy atom. The largest absolute Gasteiger partial charge is 0.460 e. The Morgan fingerprint density at radius 3 is 2.55 bits per heavy atom. The fourth-order valence-corrected chi connectivity index (χ4v) is 3.67. The van der Waals surface area contributed by atoms with Crippen LogP contribution in [0.1, 0.15) is 15.9 Å². The van der Waals surface area contributed by atoms with Crippen molar-refractivity contribution in [1.82, 2.24) is 14.8 Å². The summed E-state index contributed by atoms with van der Waals surface area (Å²) in [6.45, 7) is 2.83. The van der Waals surface area contributed by atoms with E-state index in [1.807, 2.05) is 67.6 Å². The second-order valence-corrected chi connectivity index (χ2v) is 8.21. The van der Waals surface area contributed by atoms with E-state index in [-0.39, 0.29) is 11.9 Å². The van der Waals surface area contributed by atoms with Gasteiger partial charge in [-0.1, -0.05) is 46.3 Å². The summed E-state index contributed by atoms with van der Waals surface area (Å²) in [7, 11) is 1.62. The molecule has 1 N–H and O–H groups in total. The number of rotatable bonds is 8. The van der Waals surface area contributed by atoms with Gasteiger partial charge >= 0.3 is 6.01 Å². The van der Waals surface area contributed by atoms with Crippen molar-refractivity contribution in [1.29, 1.82) is 0 Å². The van der Waals surface area contributed by atoms with E-state index in [0.717, 1.165) is 21.3 Å². The molecule has 3 aromatic carbocycles. The summed E-state index contributed by atoms with van der Waals surface area (Å²) >= 11 is 3.39. The predicted molar refractivity (Wildman–Crippen MR) is 131 cm³/mol. The molecule has 4 rings (SSSR count). The van der Waals surface area contributed by atoms with Crippen LogP contribution in [0.4, 0.5) is 5.69 Å². The molecule has 1 aromatic heterocycles. The third kappa shape index (κ3) is 5.47. The maximum atomic E-state index is 12.5.